The second kappa shape index (κ2) is 8.75. The highest BCUT2D eigenvalue weighted by atomic mass is 32.2. The molecule has 0 aliphatic rings. The molecule has 150 valence electrons. The summed E-state index contributed by atoms with van der Waals surface area (Å²) in [7, 11) is -4.88. The normalized spacial score (nSPS) is 11.4. The third-order valence-electron chi connectivity index (χ3n) is 4.37. The van der Waals surface area contributed by atoms with E-state index in [2.05, 4.69) is 24.3 Å². The summed E-state index contributed by atoms with van der Waals surface area (Å²) in [6, 6.07) is 33.7. The molecule has 0 aliphatic heterocycles. The maximum absolute atomic E-state index is 11.2. The van der Waals surface area contributed by atoms with Crippen LogP contribution in [0.15, 0.2) is 129 Å². The highest BCUT2D eigenvalue weighted by molar-refractivity contribution is 7.97. The minimum Gasteiger partial charge on any atom is -0.744 e. The highest BCUT2D eigenvalue weighted by Crippen LogP contribution is 2.38. The van der Waals surface area contributed by atoms with E-state index in [4.69, 9.17) is 4.74 Å². The van der Waals surface area contributed by atoms with Gasteiger partial charge in [-0.1, -0.05) is 48.5 Å². The van der Waals surface area contributed by atoms with Crippen LogP contribution in [-0.4, -0.2) is 13.0 Å². The number of hydrogen-bond donors (Lipinski definition) is 0. The van der Waals surface area contributed by atoms with Gasteiger partial charge >= 0.3 is 0 Å². The van der Waals surface area contributed by atoms with E-state index in [-0.39, 0.29) is 15.8 Å². The zero-order valence-corrected chi connectivity index (χ0v) is 17.5. The van der Waals surface area contributed by atoms with Gasteiger partial charge in [0.2, 0.25) is 4.90 Å². The van der Waals surface area contributed by atoms with E-state index >= 15 is 0 Å². The second-order valence-corrected chi connectivity index (χ2v) is 9.78. The zero-order valence-electron chi connectivity index (χ0n) is 15.8. The highest BCUT2D eigenvalue weighted by Gasteiger charge is 2.31. The maximum Gasteiger partial charge on any atom is 0.208 e. The number of ether oxygens (including phenoxy) is 1. The van der Waals surface area contributed by atoms with Crippen LogP contribution in [0.25, 0.3) is 0 Å². The van der Waals surface area contributed by atoms with Crippen LogP contribution in [0.3, 0.4) is 0 Å². The lowest BCUT2D eigenvalue weighted by atomic mass is 10.3. The predicted molar refractivity (Wildman–Crippen MR) is 116 cm³/mol. The summed E-state index contributed by atoms with van der Waals surface area (Å²) in [5, 5.41) is 0. The Morgan fingerprint density at radius 3 is 1.67 bits per heavy atom. The van der Waals surface area contributed by atoms with Crippen LogP contribution in [0.2, 0.25) is 0 Å². The lowest BCUT2D eigenvalue weighted by molar-refractivity contribution is 0.461. The molecule has 30 heavy (non-hydrogen) atoms. The van der Waals surface area contributed by atoms with Crippen molar-refractivity contribution in [3.8, 4) is 11.5 Å². The molecular formula is C24H18O4S2. The molecule has 0 heterocycles. The van der Waals surface area contributed by atoms with Crippen molar-refractivity contribution < 1.29 is 17.7 Å². The van der Waals surface area contributed by atoms with Gasteiger partial charge in [0.25, 0.3) is 0 Å². The minimum absolute atomic E-state index is 0.281. The second-order valence-electron chi connectivity index (χ2n) is 6.41. The molecular weight excluding hydrogens is 416 g/mol. The Labute approximate surface area is 178 Å². The average molecular weight is 435 g/mol. The van der Waals surface area contributed by atoms with Crippen LogP contribution in [0.5, 0.6) is 11.5 Å². The summed E-state index contributed by atoms with van der Waals surface area (Å²) < 4.78 is 39.6. The molecule has 0 unspecified atom stereocenters. The summed E-state index contributed by atoms with van der Waals surface area (Å²) in [6.07, 6.45) is 0. The largest absolute Gasteiger partial charge is 0.744 e. The van der Waals surface area contributed by atoms with Gasteiger partial charge in [-0.3, -0.25) is 0 Å². The Balaban J connectivity index is 1.75. The molecule has 4 rings (SSSR count). The first-order chi connectivity index (χ1) is 14.5. The number of para-hydroxylation sites is 1. The van der Waals surface area contributed by atoms with Crippen molar-refractivity contribution in [1.29, 1.82) is 0 Å². The molecule has 0 aliphatic carbocycles. The van der Waals surface area contributed by atoms with Crippen molar-refractivity contribution in [2.75, 3.05) is 0 Å². The van der Waals surface area contributed by atoms with Crippen molar-refractivity contribution in [3.05, 3.63) is 109 Å². The van der Waals surface area contributed by atoms with E-state index in [0.29, 0.717) is 11.5 Å². The Kier molecular flexibility index (Phi) is 5.90. The molecule has 0 atom stereocenters. The monoisotopic (exact) mass is 434 g/mol. The van der Waals surface area contributed by atoms with E-state index in [1.807, 2.05) is 60.7 Å². The van der Waals surface area contributed by atoms with Crippen LogP contribution in [-0.2, 0) is 21.0 Å². The molecule has 0 saturated heterocycles. The van der Waals surface area contributed by atoms with Crippen LogP contribution in [0.4, 0.5) is 0 Å². The average Bonchev–Trinajstić information content (AvgIpc) is 2.76. The van der Waals surface area contributed by atoms with Crippen molar-refractivity contribution >= 4 is 21.0 Å². The van der Waals surface area contributed by atoms with E-state index in [0.717, 1.165) is 14.7 Å². The molecule has 0 bridgehead atoms. The van der Waals surface area contributed by atoms with E-state index in [9.17, 15) is 13.0 Å². The molecule has 0 N–H and O–H groups in total. The fourth-order valence-electron chi connectivity index (χ4n) is 3.01. The van der Waals surface area contributed by atoms with Gasteiger partial charge < -0.3 is 9.29 Å². The first kappa shape index (κ1) is 20.2. The third-order valence-corrected chi connectivity index (χ3v) is 7.48. The van der Waals surface area contributed by atoms with Crippen molar-refractivity contribution in [2.24, 2.45) is 0 Å². The summed E-state index contributed by atoms with van der Waals surface area (Å²) in [5.41, 5.74) is 0. The lowest BCUT2D eigenvalue weighted by Crippen LogP contribution is -2.06. The van der Waals surface area contributed by atoms with E-state index in [1.54, 1.807) is 0 Å². The van der Waals surface area contributed by atoms with Gasteiger partial charge in [-0.25, -0.2) is 8.42 Å². The quantitative estimate of drug-likeness (QED) is 0.298. The van der Waals surface area contributed by atoms with Crippen molar-refractivity contribution in [2.45, 2.75) is 19.6 Å². The number of benzene rings is 4. The smallest absolute Gasteiger partial charge is 0.208 e. The fourth-order valence-corrected chi connectivity index (χ4v) is 5.64. The Morgan fingerprint density at radius 1 is 0.633 bits per heavy atom. The van der Waals surface area contributed by atoms with Gasteiger partial charge in [0.1, 0.15) is 26.8 Å². The number of hydrogen-bond acceptors (Lipinski definition) is 4. The summed E-state index contributed by atoms with van der Waals surface area (Å²) in [4.78, 5) is 3.05. The van der Waals surface area contributed by atoms with Gasteiger partial charge in [-0.15, -0.1) is 0 Å². The van der Waals surface area contributed by atoms with Crippen LogP contribution in [0, 0.1) is 0 Å². The predicted octanol–water partition coefficient (Wildman–Crippen LogP) is 5.48. The third kappa shape index (κ3) is 4.57. The number of rotatable bonds is 6. The van der Waals surface area contributed by atoms with Crippen LogP contribution < -0.4 is 4.74 Å². The first-order valence-electron chi connectivity index (χ1n) is 9.19. The lowest BCUT2D eigenvalue weighted by Gasteiger charge is -2.13. The SMILES string of the molecule is O=S(=O)([O-])c1ccc(Oc2ccccc2[S+](c2ccccc2)c2ccccc2)cc1. The summed E-state index contributed by atoms with van der Waals surface area (Å²) >= 11 is 0. The molecule has 0 aromatic heterocycles. The van der Waals surface area contributed by atoms with Crippen LogP contribution in [0.1, 0.15) is 0 Å². The van der Waals surface area contributed by atoms with E-state index < -0.39 is 10.1 Å². The molecule has 0 fully saturated rings. The molecule has 0 radical (unpaired) electrons. The Morgan fingerprint density at radius 2 is 1.13 bits per heavy atom. The molecule has 4 aromatic carbocycles. The molecule has 0 saturated carbocycles. The van der Waals surface area contributed by atoms with Crippen molar-refractivity contribution in [1.82, 2.24) is 0 Å². The summed E-state index contributed by atoms with van der Waals surface area (Å²) in [5.74, 6) is 1.13. The Bertz CT molecular complexity index is 1180. The summed E-state index contributed by atoms with van der Waals surface area (Å²) in [6.45, 7) is 0. The van der Waals surface area contributed by atoms with Gasteiger partial charge in [-0.05, 0) is 60.7 Å². The zero-order chi connectivity index (χ0) is 21.0. The molecule has 4 nitrogen and oxygen atoms in total. The maximum atomic E-state index is 11.2. The fraction of sp³-hybridized carbons (Fsp3) is 0. The molecule has 6 heteroatoms. The van der Waals surface area contributed by atoms with E-state index in [1.165, 1.54) is 24.3 Å². The molecule has 0 amide bonds. The first-order valence-corrected chi connectivity index (χ1v) is 11.8. The standard InChI is InChI=1S/C24H18O4S2/c25-30(26,27)22-17-15-19(16-18-22)28-23-13-7-8-14-24(23)29(20-9-3-1-4-10-20)21-11-5-2-6-12-21/h1-18H. The van der Waals surface area contributed by atoms with Gasteiger partial charge in [0.15, 0.2) is 15.5 Å². The van der Waals surface area contributed by atoms with Crippen molar-refractivity contribution in [3.63, 3.8) is 0 Å². The Hall–Kier alpha value is -3.06. The van der Waals surface area contributed by atoms with Crippen LogP contribution >= 0.6 is 0 Å². The molecule has 0 spiro atoms. The van der Waals surface area contributed by atoms with Gasteiger partial charge in [0.05, 0.1) is 4.90 Å². The minimum atomic E-state index is -4.49. The topological polar surface area (TPSA) is 66.4 Å². The van der Waals surface area contributed by atoms with Gasteiger partial charge in [-0.2, -0.15) is 0 Å². The van der Waals surface area contributed by atoms with Gasteiger partial charge in [0, 0.05) is 0 Å². The molecule has 4 aromatic rings.